The molecule has 1 aromatic carbocycles. The molecule has 0 atom stereocenters. The number of para-hydroxylation sites is 1. The van der Waals surface area contributed by atoms with Crippen molar-refractivity contribution in [1.82, 2.24) is 0 Å². The second kappa shape index (κ2) is 4.65. The molecule has 92 valence electrons. The number of amides is 1. The highest BCUT2D eigenvalue weighted by molar-refractivity contribution is 6.01. The lowest BCUT2D eigenvalue weighted by Gasteiger charge is -2.33. The fourth-order valence-corrected chi connectivity index (χ4v) is 2.35. The number of hydrogen-bond donors (Lipinski definition) is 2. The molecule has 1 aromatic rings. The van der Waals surface area contributed by atoms with Crippen molar-refractivity contribution in [2.45, 2.75) is 19.8 Å². The van der Waals surface area contributed by atoms with E-state index in [0.717, 1.165) is 37.5 Å². The van der Waals surface area contributed by atoms with Crippen molar-refractivity contribution in [2.24, 2.45) is 11.7 Å². The van der Waals surface area contributed by atoms with Crippen molar-refractivity contribution in [1.29, 1.82) is 0 Å². The maximum atomic E-state index is 11.4. The summed E-state index contributed by atoms with van der Waals surface area (Å²) in [5.74, 6) is 0.333. The predicted molar refractivity (Wildman–Crippen MR) is 70.0 cm³/mol. The molecule has 0 radical (unpaired) electrons. The summed E-state index contributed by atoms with van der Waals surface area (Å²) < 4.78 is 0. The summed E-state index contributed by atoms with van der Waals surface area (Å²) in [7, 11) is 0. The van der Waals surface area contributed by atoms with Gasteiger partial charge in [0.15, 0.2) is 0 Å². The molecule has 17 heavy (non-hydrogen) atoms. The van der Waals surface area contributed by atoms with Gasteiger partial charge in [-0.05, 0) is 30.9 Å². The number of nitrogens with two attached hydrogens (primary N) is 2. The van der Waals surface area contributed by atoms with Crippen LogP contribution >= 0.6 is 0 Å². The minimum atomic E-state index is -0.411. The van der Waals surface area contributed by atoms with Crippen LogP contribution < -0.4 is 16.4 Å². The van der Waals surface area contributed by atoms with Crippen molar-refractivity contribution >= 4 is 17.3 Å². The van der Waals surface area contributed by atoms with E-state index in [0.29, 0.717) is 11.3 Å². The molecule has 0 aromatic heterocycles. The topological polar surface area (TPSA) is 72.3 Å². The zero-order chi connectivity index (χ0) is 12.4. The first kappa shape index (κ1) is 11.8. The van der Waals surface area contributed by atoms with Gasteiger partial charge in [0, 0.05) is 13.1 Å². The van der Waals surface area contributed by atoms with Crippen molar-refractivity contribution in [3.8, 4) is 0 Å². The number of nitrogen functional groups attached to an aromatic ring is 1. The number of rotatable bonds is 2. The molecule has 1 saturated heterocycles. The summed E-state index contributed by atoms with van der Waals surface area (Å²) in [5.41, 5.74) is 13.3. The van der Waals surface area contributed by atoms with Crippen molar-refractivity contribution in [2.75, 3.05) is 23.7 Å². The Kier molecular flexibility index (Phi) is 3.22. The highest BCUT2D eigenvalue weighted by Gasteiger charge is 2.21. The van der Waals surface area contributed by atoms with Gasteiger partial charge in [0.05, 0.1) is 16.9 Å². The standard InChI is InChI=1S/C13H19N3O/c1-9-5-7-16(8-6-9)12-10(13(15)17)3-2-4-11(12)14/h2-4,9H,5-8,14H2,1H3,(H2,15,17). The second-order valence-electron chi connectivity index (χ2n) is 4.78. The third kappa shape index (κ3) is 2.35. The lowest BCUT2D eigenvalue weighted by Crippen LogP contribution is -2.35. The van der Waals surface area contributed by atoms with Gasteiger partial charge in [-0.1, -0.05) is 13.0 Å². The number of primary amides is 1. The Bertz CT molecular complexity index is 423. The van der Waals surface area contributed by atoms with Crippen LogP contribution in [0.4, 0.5) is 11.4 Å². The maximum absolute atomic E-state index is 11.4. The van der Waals surface area contributed by atoms with Gasteiger partial charge in [-0.3, -0.25) is 4.79 Å². The Labute approximate surface area is 102 Å². The molecule has 0 spiro atoms. The van der Waals surface area contributed by atoms with E-state index in [1.54, 1.807) is 12.1 Å². The quantitative estimate of drug-likeness (QED) is 0.762. The molecule has 1 fully saturated rings. The molecule has 0 bridgehead atoms. The van der Waals surface area contributed by atoms with Crippen LogP contribution in [-0.4, -0.2) is 19.0 Å². The Morgan fingerprint density at radius 1 is 1.35 bits per heavy atom. The van der Waals surface area contributed by atoms with Crippen LogP contribution in [0.2, 0.25) is 0 Å². The van der Waals surface area contributed by atoms with Gasteiger partial charge >= 0.3 is 0 Å². The van der Waals surface area contributed by atoms with Crippen molar-refractivity contribution in [3.63, 3.8) is 0 Å². The van der Waals surface area contributed by atoms with E-state index in [4.69, 9.17) is 11.5 Å². The minimum absolute atomic E-state index is 0.411. The number of hydrogen-bond acceptors (Lipinski definition) is 3. The molecule has 1 aliphatic heterocycles. The summed E-state index contributed by atoms with van der Waals surface area (Å²) in [6, 6.07) is 5.33. The van der Waals surface area contributed by atoms with Crippen LogP contribution in [0.3, 0.4) is 0 Å². The Balaban J connectivity index is 2.33. The zero-order valence-corrected chi connectivity index (χ0v) is 10.1. The third-order valence-electron chi connectivity index (χ3n) is 3.43. The fourth-order valence-electron chi connectivity index (χ4n) is 2.35. The molecule has 0 unspecified atom stereocenters. The van der Waals surface area contributed by atoms with E-state index >= 15 is 0 Å². The lowest BCUT2D eigenvalue weighted by molar-refractivity contribution is 0.100. The lowest BCUT2D eigenvalue weighted by atomic mass is 9.97. The smallest absolute Gasteiger partial charge is 0.250 e. The van der Waals surface area contributed by atoms with Crippen LogP contribution in [0.5, 0.6) is 0 Å². The molecule has 4 N–H and O–H groups in total. The number of piperidine rings is 1. The number of nitrogens with zero attached hydrogens (tertiary/aromatic N) is 1. The van der Waals surface area contributed by atoms with Gasteiger partial charge in [-0.25, -0.2) is 0 Å². The van der Waals surface area contributed by atoms with Crippen LogP contribution in [-0.2, 0) is 0 Å². The molecule has 0 aliphatic carbocycles. The maximum Gasteiger partial charge on any atom is 0.250 e. The molecule has 4 heteroatoms. The predicted octanol–water partition coefficient (Wildman–Crippen LogP) is 1.60. The number of benzene rings is 1. The number of carbonyl (C=O) groups excluding carboxylic acids is 1. The monoisotopic (exact) mass is 233 g/mol. The van der Waals surface area contributed by atoms with Gasteiger partial charge < -0.3 is 16.4 Å². The fraction of sp³-hybridized carbons (Fsp3) is 0.462. The molecular weight excluding hydrogens is 214 g/mol. The van der Waals surface area contributed by atoms with E-state index in [1.807, 2.05) is 6.07 Å². The van der Waals surface area contributed by atoms with E-state index in [9.17, 15) is 4.79 Å². The van der Waals surface area contributed by atoms with Crippen LogP contribution in [0.25, 0.3) is 0 Å². The van der Waals surface area contributed by atoms with Crippen LogP contribution in [0, 0.1) is 5.92 Å². The van der Waals surface area contributed by atoms with E-state index < -0.39 is 5.91 Å². The Morgan fingerprint density at radius 2 is 2.00 bits per heavy atom. The van der Waals surface area contributed by atoms with Gasteiger partial charge in [0.25, 0.3) is 5.91 Å². The average molecular weight is 233 g/mol. The van der Waals surface area contributed by atoms with E-state index in [-0.39, 0.29) is 0 Å². The molecule has 2 rings (SSSR count). The molecule has 0 saturated carbocycles. The summed E-state index contributed by atoms with van der Waals surface area (Å²) in [4.78, 5) is 13.6. The summed E-state index contributed by atoms with van der Waals surface area (Å²) in [5, 5.41) is 0. The van der Waals surface area contributed by atoms with Gasteiger partial charge in [-0.15, -0.1) is 0 Å². The Hall–Kier alpha value is -1.71. The summed E-state index contributed by atoms with van der Waals surface area (Å²) in [6.07, 6.45) is 2.26. The molecule has 1 aliphatic rings. The highest BCUT2D eigenvalue weighted by Crippen LogP contribution is 2.31. The van der Waals surface area contributed by atoms with Crippen molar-refractivity contribution in [3.05, 3.63) is 23.8 Å². The van der Waals surface area contributed by atoms with Gasteiger partial charge in [0.1, 0.15) is 0 Å². The normalized spacial score (nSPS) is 17.1. The number of carbonyl (C=O) groups is 1. The molecular formula is C13H19N3O. The molecule has 4 nitrogen and oxygen atoms in total. The summed E-state index contributed by atoms with van der Waals surface area (Å²) >= 11 is 0. The average Bonchev–Trinajstić information content (AvgIpc) is 2.30. The SMILES string of the molecule is CC1CCN(c2c(N)cccc2C(N)=O)CC1. The second-order valence-corrected chi connectivity index (χ2v) is 4.78. The van der Waals surface area contributed by atoms with Crippen LogP contribution in [0.15, 0.2) is 18.2 Å². The largest absolute Gasteiger partial charge is 0.397 e. The van der Waals surface area contributed by atoms with Crippen molar-refractivity contribution < 1.29 is 4.79 Å². The first-order valence-electron chi connectivity index (χ1n) is 6.03. The van der Waals surface area contributed by atoms with E-state index in [1.165, 1.54) is 0 Å². The Morgan fingerprint density at radius 3 is 2.59 bits per heavy atom. The van der Waals surface area contributed by atoms with Gasteiger partial charge in [0.2, 0.25) is 0 Å². The van der Waals surface area contributed by atoms with Gasteiger partial charge in [-0.2, -0.15) is 0 Å². The first-order valence-corrected chi connectivity index (χ1v) is 6.03. The highest BCUT2D eigenvalue weighted by atomic mass is 16.1. The first-order chi connectivity index (χ1) is 8.09. The van der Waals surface area contributed by atoms with E-state index in [2.05, 4.69) is 11.8 Å². The molecule has 1 heterocycles. The van der Waals surface area contributed by atoms with Crippen LogP contribution in [0.1, 0.15) is 30.1 Å². The third-order valence-corrected chi connectivity index (χ3v) is 3.43. The summed E-state index contributed by atoms with van der Waals surface area (Å²) in [6.45, 7) is 4.13. The molecule has 1 amide bonds. The number of anilines is 2. The minimum Gasteiger partial charge on any atom is -0.397 e. The zero-order valence-electron chi connectivity index (χ0n) is 10.1.